The van der Waals surface area contributed by atoms with Crippen LogP contribution in [0.5, 0.6) is 23.0 Å². The normalized spacial score (nSPS) is 14.9. The molecule has 2 aromatic carbocycles. The molecule has 1 atom stereocenters. The number of hydrogen-bond donors (Lipinski definition) is 1. The van der Waals surface area contributed by atoms with Crippen molar-refractivity contribution in [3.05, 3.63) is 42.0 Å². The van der Waals surface area contributed by atoms with E-state index in [0.29, 0.717) is 41.6 Å². The third kappa shape index (κ3) is 4.70. The van der Waals surface area contributed by atoms with Crippen molar-refractivity contribution in [2.75, 3.05) is 25.8 Å². The number of thioether (sulfide) groups is 1. The zero-order valence-electron chi connectivity index (χ0n) is 18.2. The molecular weight excluding hydrogens is 446 g/mol. The van der Waals surface area contributed by atoms with Crippen molar-refractivity contribution in [3.63, 3.8) is 0 Å². The molecule has 1 amide bonds. The lowest BCUT2D eigenvalue weighted by Gasteiger charge is -2.25. The van der Waals surface area contributed by atoms with Gasteiger partial charge in [-0.25, -0.2) is 0 Å². The second kappa shape index (κ2) is 9.22. The molecule has 1 aromatic heterocycles. The van der Waals surface area contributed by atoms with E-state index in [2.05, 4.69) is 29.4 Å². The molecule has 0 spiro atoms. The molecule has 33 heavy (non-hydrogen) atoms. The van der Waals surface area contributed by atoms with Crippen LogP contribution in [-0.4, -0.2) is 41.9 Å². The molecule has 0 bridgehead atoms. The van der Waals surface area contributed by atoms with Crippen LogP contribution in [0.25, 0.3) is 11.5 Å². The Balaban J connectivity index is 1.21. The number of aromatic nitrogens is 2. The van der Waals surface area contributed by atoms with E-state index in [1.807, 2.05) is 24.3 Å². The van der Waals surface area contributed by atoms with Gasteiger partial charge < -0.3 is 28.7 Å². The summed E-state index contributed by atoms with van der Waals surface area (Å²) in [7, 11) is 0. The lowest BCUT2D eigenvalue weighted by atomic mass is 9.95. The van der Waals surface area contributed by atoms with Crippen LogP contribution in [0.15, 0.2) is 46.0 Å². The number of rotatable bonds is 7. The zero-order chi connectivity index (χ0) is 22.8. The molecule has 0 aliphatic carbocycles. The SMILES string of the molecule is CC(C)[C@H](NC(=O)CSc1nnc(-c2ccc3c(c2)OCO3)o1)c1ccc2c(c1)OCCO2. The first kappa shape index (κ1) is 21.4. The van der Waals surface area contributed by atoms with Gasteiger partial charge in [-0.05, 0) is 41.8 Å². The molecule has 0 saturated carbocycles. The highest BCUT2D eigenvalue weighted by Gasteiger charge is 2.22. The molecule has 2 aliphatic heterocycles. The fourth-order valence-corrected chi connectivity index (χ4v) is 4.22. The van der Waals surface area contributed by atoms with Crippen LogP contribution in [0.2, 0.25) is 0 Å². The molecule has 172 valence electrons. The minimum atomic E-state index is -0.166. The minimum Gasteiger partial charge on any atom is -0.486 e. The predicted octanol–water partition coefficient (Wildman–Crippen LogP) is 3.84. The maximum Gasteiger partial charge on any atom is 0.277 e. The molecule has 0 fully saturated rings. The van der Waals surface area contributed by atoms with E-state index in [9.17, 15) is 4.79 Å². The van der Waals surface area contributed by atoms with Gasteiger partial charge in [0.15, 0.2) is 23.0 Å². The van der Waals surface area contributed by atoms with Crippen molar-refractivity contribution >= 4 is 17.7 Å². The van der Waals surface area contributed by atoms with E-state index in [1.54, 1.807) is 12.1 Å². The Labute approximate surface area is 194 Å². The first-order chi connectivity index (χ1) is 16.1. The average Bonchev–Trinajstić information content (AvgIpc) is 3.49. The first-order valence-electron chi connectivity index (χ1n) is 10.6. The zero-order valence-corrected chi connectivity index (χ0v) is 19.0. The largest absolute Gasteiger partial charge is 0.486 e. The van der Waals surface area contributed by atoms with Crippen LogP contribution >= 0.6 is 11.8 Å². The van der Waals surface area contributed by atoms with Gasteiger partial charge in [-0.1, -0.05) is 31.7 Å². The van der Waals surface area contributed by atoms with Crippen molar-refractivity contribution in [2.45, 2.75) is 25.1 Å². The average molecular weight is 470 g/mol. The topological polar surface area (TPSA) is 105 Å². The number of carbonyl (C=O) groups is 1. The van der Waals surface area contributed by atoms with Gasteiger partial charge >= 0.3 is 0 Å². The molecule has 10 heteroatoms. The van der Waals surface area contributed by atoms with Crippen LogP contribution in [-0.2, 0) is 4.79 Å². The Bertz CT molecular complexity index is 1160. The highest BCUT2D eigenvalue weighted by Crippen LogP contribution is 2.36. The van der Waals surface area contributed by atoms with Crippen LogP contribution in [0.1, 0.15) is 25.5 Å². The lowest BCUT2D eigenvalue weighted by molar-refractivity contribution is -0.119. The summed E-state index contributed by atoms with van der Waals surface area (Å²) in [5.74, 6) is 3.31. The van der Waals surface area contributed by atoms with E-state index in [1.165, 1.54) is 11.8 Å². The maximum absolute atomic E-state index is 12.7. The summed E-state index contributed by atoms with van der Waals surface area (Å²) in [6.45, 7) is 5.38. The van der Waals surface area contributed by atoms with Crippen LogP contribution in [0.3, 0.4) is 0 Å². The standard InChI is InChI=1S/C23H23N3O6S/c1-13(2)21(14-3-5-16-18(9-14)29-8-7-28-16)24-20(27)11-33-23-26-25-22(32-23)15-4-6-17-19(10-15)31-12-30-17/h3-6,9-10,13,21H,7-8,11-12H2,1-2H3,(H,24,27)/t21-/m0/s1. The summed E-state index contributed by atoms with van der Waals surface area (Å²) >= 11 is 1.19. The summed E-state index contributed by atoms with van der Waals surface area (Å²) in [5, 5.41) is 11.5. The van der Waals surface area contributed by atoms with Crippen LogP contribution in [0, 0.1) is 5.92 Å². The molecule has 5 rings (SSSR count). The van der Waals surface area contributed by atoms with Gasteiger partial charge in [0.2, 0.25) is 18.6 Å². The van der Waals surface area contributed by atoms with Crippen molar-refractivity contribution in [1.82, 2.24) is 15.5 Å². The maximum atomic E-state index is 12.7. The highest BCUT2D eigenvalue weighted by molar-refractivity contribution is 7.99. The summed E-state index contributed by atoms with van der Waals surface area (Å²) in [6, 6.07) is 11.0. The van der Waals surface area contributed by atoms with E-state index in [4.69, 9.17) is 23.4 Å². The van der Waals surface area contributed by atoms with E-state index < -0.39 is 0 Å². The molecule has 9 nitrogen and oxygen atoms in total. The summed E-state index contributed by atoms with van der Waals surface area (Å²) in [6.07, 6.45) is 0. The molecular formula is C23H23N3O6S. The number of amides is 1. The first-order valence-corrected chi connectivity index (χ1v) is 11.6. The Morgan fingerprint density at radius 1 is 0.970 bits per heavy atom. The number of hydrogen-bond acceptors (Lipinski definition) is 9. The third-order valence-corrected chi connectivity index (χ3v) is 6.08. The van der Waals surface area contributed by atoms with Gasteiger partial charge in [0.1, 0.15) is 13.2 Å². The molecule has 0 radical (unpaired) electrons. The minimum absolute atomic E-state index is 0.128. The van der Waals surface area contributed by atoms with E-state index in [-0.39, 0.29) is 30.4 Å². The number of carbonyl (C=O) groups excluding carboxylic acids is 1. The molecule has 2 aliphatic rings. The molecule has 0 unspecified atom stereocenters. The highest BCUT2D eigenvalue weighted by atomic mass is 32.2. The second-order valence-electron chi connectivity index (χ2n) is 7.92. The Morgan fingerprint density at radius 2 is 1.70 bits per heavy atom. The van der Waals surface area contributed by atoms with Crippen molar-refractivity contribution in [2.24, 2.45) is 5.92 Å². The molecule has 3 aromatic rings. The Morgan fingerprint density at radius 3 is 2.55 bits per heavy atom. The van der Waals surface area contributed by atoms with Gasteiger partial charge in [-0.15, -0.1) is 10.2 Å². The van der Waals surface area contributed by atoms with Gasteiger partial charge in [-0.3, -0.25) is 4.79 Å². The predicted molar refractivity (Wildman–Crippen MR) is 120 cm³/mol. The van der Waals surface area contributed by atoms with Gasteiger partial charge in [0.05, 0.1) is 11.8 Å². The fraction of sp³-hybridized carbons (Fsp3) is 0.348. The summed E-state index contributed by atoms with van der Waals surface area (Å²) < 4.78 is 27.7. The van der Waals surface area contributed by atoms with Gasteiger partial charge in [0, 0.05) is 5.56 Å². The molecule has 0 saturated heterocycles. The second-order valence-corrected chi connectivity index (χ2v) is 8.85. The lowest BCUT2D eigenvalue weighted by Crippen LogP contribution is -2.33. The smallest absolute Gasteiger partial charge is 0.277 e. The summed E-state index contributed by atoms with van der Waals surface area (Å²) in [4.78, 5) is 12.7. The monoisotopic (exact) mass is 469 g/mol. The van der Waals surface area contributed by atoms with Gasteiger partial charge in [-0.2, -0.15) is 0 Å². The molecule has 1 N–H and O–H groups in total. The Kier molecular flexibility index (Phi) is 5.99. The molecule has 3 heterocycles. The van der Waals surface area contributed by atoms with E-state index >= 15 is 0 Å². The van der Waals surface area contributed by atoms with Crippen molar-refractivity contribution in [1.29, 1.82) is 0 Å². The van der Waals surface area contributed by atoms with Crippen molar-refractivity contribution < 1.29 is 28.2 Å². The number of ether oxygens (including phenoxy) is 4. The number of nitrogens with zero attached hydrogens (tertiary/aromatic N) is 2. The number of benzene rings is 2. The van der Waals surface area contributed by atoms with Crippen molar-refractivity contribution in [3.8, 4) is 34.5 Å². The number of fused-ring (bicyclic) bond motifs is 2. The number of nitrogens with one attached hydrogen (secondary N) is 1. The third-order valence-electron chi connectivity index (χ3n) is 5.26. The van der Waals surface area contributed by atoms with E-state index in [0.717, 1.165) is 16.9 Å². The van der Waals surface area contributed by atoms with Crippen LogP contribution in [0.4, 0.5) is 0 Å². The quantitative estimate of drug-likeness (QED) is 0.517. The Hall–Kier alpha value is -3.40. The fourth-order valence-electron chi connectivity index (χ4n) is 3.65. The van der Waals surface area contributed by atoms with Gasteiger partial charge in [0.25, 0.3) is 5.22 Å². The van der Waals surface area contributed by atoms with Crippen LogP contribution < -0.4 is 24.3 Å². The summed E-state index contributed by atoms with van der Waals surface area (Å²) in [5.41, 5.74) is 1.69.